The Morgan fingerprint density at radius 2 is 1.56 bits per heavy atom. The van der Waals surface area contributed by atoms with Crippen molar-refractivity contribution in [3.8, 4) is 0 Å². The Bertz CT molecular complexity index is 1280. The summed E-state index contributed by atoms with van der Waals surface area (Å²) in [4.78, 5) is 28.8. The molecule has 0 saturated heterocycles. The Morgan fingerprint density at radius 3 is 2.22 bits per heavy atom. The summed E-state index contributed by atoms with van der Waals surface area (Å²) in [6, 6.07) is 15.8. The smallest absolute Gasteiger partial charge is 0.283 e. The number of hydrogen-bond acceptors (Lipinski definition) is 4. The fourth-order valence-electron chi connectivity index (χ4n) is 3.14. The van der Waals surface area contributed by atoms with Crippen LogP contribution in [-0.2, 0) is 9.59 Å². The molecule has 1 N–H and O–H groups in total. The molecule has 9 heteroatoms. The van der Waals surface area contributed by atoms with Gasteiger partial charge in [0.2, 0.25) is 0 Å². The molecule has 4 nitrogen and oxygen atoms in total. The molecule has 0 aromatic heterocycles. The number of thioether (sulfide) groups is 1. The van der Waals surface area contributed by atoms with Crippen molar-refractivity contribution in [2.75, 3.05) is 10.2 Å². The Morgan fingerprint density at radius 1 is 0.875 bits per heavy atom. The van der Waals surface area contributed by atoms with Crippen LogP contribution in [0.25, 0.3) is 0 Å². The molecular weight excluding hydrogens is 494 g/mol. The molecule has 0 spiro atoms. The van der Waals surface area contributed by atoms with Gasteiger partial charge in [0.25, 0.3) is 11.8 Å². The zero-order valence-electron chi connectivity index (χ0n) is 16.5. The summed E-state index contributed by atoms with van der Waals surface area (Å²) in [5.41, 5.74) is 1.53. The van der Waals surface area contributed by atoms with E-state index in [9.17, 15) is 14.0 Å². The normalized spacial score (nSPS) is 13.8. The molecule has 0 aliphatic carbocycles. The van der Waals surface area contributed by atoms with Gasteiger partial charge in [-0.15, -0.1) is 0 Å². The van der Waals surface area contributed by atoms with E-state index in [1.165, 1.54) is 18.2 Å². The summed E-state index contributed by atoms with van der Waals surface area (Å²) in [6.07, 6.45) is 0. The Balaban J connectivity index is 1.77. The minimum atomic E-state index is -0.589. The lowest BCUT2D eigenvalue weighted by molar-refractivity contribution is -0.120. The second-order valence-electron chi connectivity index (χ2n) is 6.89. The molecule has 0 radical (unpaired) electrons. The van der Waals surface area contributed by atoms with Gasteiger partial charge in [0.15, 0.2) is 0 Å². The van der Waals surface area contributed by atoms with Crippen LogP contribution >= 0.6 is 46.6 Å². The summed E-state index contributed by atoms with van der Waals surface area (Å²) in [7, 11) is 0. The van der Waals surface area contributed by atoms with Crippen molar-refractivity contribution in [1.29, 1.82) is 0 Å². The van der Waals surface area contributed by atoms with Gasteiger partial charge in [-0.25, -0.2) is 9.29 Å². The Hall–Kier alpha value is -2.51. The van der Waals surface area contributed by atoms with Crippen LogP contribution in [0, 0.1) is 12.7 Å². The average molecular weight is 508 g/mol. The summed E-state index contributed by atoms with van der Waals surface area (Å²) in [5, 5.41) is 3.88. The monoisotopic (exact) mass is 506 g/mol. The van der Waals surface area contributed by atoms with Gasteiger partial charge in [-0.1, -0.05) is 46.6 Å². The molecule has 0 unspecified atom stereocenters. The van der Waals surface area contributed by atoms with Crippen molar-refractivity contribution in [1.82, 2.24) is 0 Å². The number of anilines is 2. The van der Waals surface area contributed by atoms with Crippen molar-refractivity contribution >= 4 is 69.8 Å². The molecule has 1 aliphatic rings. The SMILES string of the molecule is Cc1cc(Cl)ccc1N1C(=O)C(Nc2ccc(F)c(Cl)c2)=C(Sc2ccc(Cl)cc2)C1=O. The van der Waals surface area contributed by atoms with E-state index in [1.807, 2.05) is 0 Å². The number of rotatable bonds is 5. The zero-order chi connectivity index (χ0) is 23.0. The number of carbonyl (C=O) groups is 2. The highest BCUT2D eigenvalue weighted by molar-refractivity contribution is 8.04. The first-order chi connectivity index (χ1) is 15.2. The molecule has 1 heterocycles. The van der Waals surface area contributed by atoms with Gasteiger partial charge in [0, 0.05) is 20.6 Å². The van der Waals surface area contributed by atoms with Gasteiger partial charge in [-0.3, -0.25) is 9.59 Å². The minimum Gasteiger partial charge on any atom is -0.350 e. The molecule has 4 rings (SSSR count). The summed E-state index contributed by atoms with van der Waals surface area (Å²) in [5.74, 6) is -1.62. The number of imide groups is 1. The van der Waals surface area contributed by atoms with Crippen LogP contribution in [0.5, 0.6) is 0 Å². The van der Waals surface area contributed by atoms with E-state index in [0.29, 0.717) is 27.0 Å². The lowest BCUT2D eigenvalue weighted by Crippen LogP contribution is -2.33. The molecule has 0 atom stereocenters. The van der Waals surface area contributed by atoms with Crippen molar-refractivity contribution in [2.24, 2.45) is 0 Å². The molecule has 0 saturated carbocycles. The predicted octanol–water partition coefficient (Wildman–Crippen LogP) is 7.08. The van der Waals surface area contributed by atoms with Crippen LogP contribution in [0.2, 0.25) is 15.1 Å². The van der Waals surface area contributed by atoms with E-state index in [-0.39, 0.29) is 15.6 Å². The molecular formula is C23H14Cl3FN2O2S. The Labute approximate surface area is 203 Å². The van der Waals surface area contributed by atoms with Crippen LogP contribution in [0.4, 0.5) is 15.8 Å². The highest BCUT2D eigenvalue weighted by Crippen LogP contribution is 2.39. The first-order valence-corrected chi connectivity index (χ1v) is 11.2. The number of benzene rings is 3. The van der Waals surface area contributed by atoms with Crippen LogP contribution in [0.1, 0.15) is 5.56 Å². The number of carbonyl (C=O) groups excluding carboxylic acids is 2. The van der Waals surface area contributed by atoms with E-state index >= 15 is 0 Å². The quantitative estimate of drug-likeness (QED) is 0.375. The second-order valence-corrected chi connectivity index (χ2v) is 9.25. The van der Waals surface area contributed by atoms with Crippen LogP contribution in [0.3, 0.4) is 0 Å². The van der Waals surface area contributed by atoms with E-state index in [0.717, 1.165) is 21.6 Å². The van der Waals surface area contributed by atoms with Crippen molar-refractivity contribution in [3.63, 3.8) is 0 Å². The molecule has 1 aliphatic heterocycles. The summed E-state index contributed by atoms with van der Waals surface area (Å²) < 4.78 is 13.6. The third-order valence-electron chi connectivity index (χ3n) is 4.66. The number of aryl methyl sites for hydroxylation is 1. The third-order valence-corrected chi connectivity index (χ3v) is 6.53. The summed E-state index contributed by atoms with van der Waals surface area (Å²) in [6.45, 7) is 1.76. The average Bonchev–Trinajstić information content (AvgIpc) is 2.97. The summed E-state index contributed by atoms with van der Waals surface area (Å²) >= 11 is 19.0. The van der Waals surface area contributed by atoms with E-state index in [2.05, 4.69) is 5.32 Å². The lowest BCUT2D eigenvalue weighted by Gasteiger charge is -2.18. The maximum atomic E-state index is 13.6. The first-order valence-electron chi connectivity index (χ1n) is 9.29. The minimum absolute atomic E-state index is 0.0620. The van der Waals surface area contributed by atoms with Gasteiger partial charge >= 0.3 is 0 Å². The number of amides is 2. The van der Waals surface area contributed by atoms with E-state index < -0.39 is 17.6 Å². The molecule has 2 amide bonds. The van der Waals surface area contributed by atoms with E-state index in [1.54, 1.807) is 49.4 Å². The molecule has 32 heavy (non-hydrogen) atoms. The molecule has 0 bridgehead atoms. The first kappa shape index (κ1) is 22.7. The van der Waals surface area contributed by atoms with E-state index in [4.69, 9.17) is 34.8 Å². The molecule has 162 valence electrons. The fraction of sp³-hybridized carbons (Fsp3) is 0.0435. The molecule has 3 aromatic rings. The number of halogens is 4. The number of nitrogens with zero attached hydrogens (tertiary/aromatic N) is 1. The molecule has 0 fully saturated rings. The predicted molar refractivity (Wildman–Crippen MR) is 128 cm³/mol. The number of hydrogen-bond donors (Lipinski definition) is 1. The van der Waals surface area contributed by atoms with Crippen molar-refractivity contribution in [3.05, 3.63) is 97.7 Å². The zero-order valence-corrected chi connectivity index (χ0v) is 19.5. The van der Waals surface area contributed by atoms with Gasteiger partial charge in [0.05, 0.1) is 10.7 Å². The van der Waals surface area contributed by atoms with Crippen LogP contribution in [-0.4, -0.2) is 11.8 Å². The third kappa shape index (κ3) is 4.50. The van der Waals surface area contributed by atoms with Crippen molar-refractivity contribution in [2.45, 2.75) is 11.8 Å². The topological polar surface area (TPSA) is 49.4 Å². The largest absolute Gasteiger partial charge is 0.350 e. The van der Waals surface area contributed by atoms with Gasteiger partial charge in [-0.05, 0) is 73.2 Å². The highest BCUT2D eigenvalue weighted by atomic mass is 35.5. The van der Waals surface area contributed by atoms with Crippen molar-refractivity contribution < 1.29 is 14.0 Å². The lowest BCUT2D eigenvalue weighted by atomic mass is 10.2. The fourth-order valence-corrected chi connectivity index (χ4v) is 4.60. The molecule has 3 aromatic carbocycles. The van der Waals surface area contributed by atoms with Gasteiger partial charge < -0.3 is 5.32 Å². The second kappa shape index (κ2) is 9.16. The Kier molecular flexibility index (Phi) is 6.49. The standard InChI is InChI=1S/C23H14Cl3FN2O2S/c1-12-10-14(25)4-9-19(12)29-22(30)20(28-15-5-8-18(27)17(26)11-15)21(23(29)31)32-16-6-2-13(24)3-7-16/h2-11,28H,1H3. The number of nitrogens with one attached hydrogen (secondary N) is 1. The van der Waals surface area contributed by atoms with Gasteiger partial charge in [-0.2, -0.15) is 0 Å². The maximum Gasteiger partial charge on any atom is 0.283 e. The highest BCUT2D eigenvalue weighted by Gasteiger charge is 2.40. The van der Waals surface area contributed by atoms with Crippen LogP contribution in [0.15, 0.2) is 76.2 Å². The maximum absolute atomic E-state index is 13.6. The van der Waals surface area contributed by atoms with Gasteiger partial charge in [0.1, 0.15) is 16.4 Å². The van der Waals surface area contributed by atoms with Crippen LogP contribution < -0.4 is 10.2 Å².